The van der Waals surface area contributed by atoms with E-state index in [1.807, 2.05) is 51.1 Å². The largest absolute Gasteiger partial charge is 0.337 e. The third kappa shape index (κ3) is 4.60. The second-order valence-electron chi connectivity index (χ2n) is 7.36. The highest BCUT2D eigenvalue weighted by Crippen LogP contribution is 2.28. The van der Waals surface area contributed by atoms with Gasteiger partial charge in [-0.25, -0.2) is 0 Å². The first-order valence-corrected chi connectivity index (χ1v) is 9.18. The van der Waals surface area contributed by atoms with E-state index in [1.165, 1.54) is 17.0 Å². The number of nitro groups is 1. The van der Waals surface area contributed by atoms with Crippen molar-refractivity contribution < 1.29 is 14.2 Å². The van der Waals surface area contributed by atoms with Crippen LogP contribution in [0.5, 0.6) is 0 Å². The average Bonchev–Trinajstić information content (AvgIpc) is 3.14. The van der Waals surface area contributed by atoms with Crippen LogP contribution in [-0.2, 0) is 6.54 Å². The fraction of sp³-hybridized carbons (Fsp3) is 0.250. The number of carbonyl (C=O) groups excluding carboxylic acids is 1. The minimum atomic E-state index is -0.661. The maximum Gasteiger partial charge on any atom is 0.283 e. The van der Waals surface area contributed by atoms with Gasteiger partial charge in [0, 0.05) is 22.2 Å². The standard InChI is InChI=1S/C20H19ClN4O4/c1-20(2,3)24(19(26)15-10-9-14(21)11-16(15)25(27)28)12-17-22-18(23-29-17)13-7-5-4-6-8-13/h4-11H,12H2,1-3H3. The fourth-order valence-corrected chi connectivity index (χ4v) is 2.92. The van der Waals surface area contributed by atoms with Crippen molar-refractivity contribution in [2.45, 2.75) is 32.9 Å². The van der Waals surface area contributed by atoms with Crippen molar-refractivity contribution in [3.05, 3.63) is 75.1 Å². The molecule has 9 heteroatoms. The van der Waals surface area contributed by atoms with Crippen molar-refractivity contribution >= 4 is 23.2 Å². The Balaban J connectivity index is 1.93. The van der Waals surface area contributed by atoms with Crippen molar-refractivity contribution in [1.29, 1.82) is 0 Å². The summed E-state index contributed by atoms with van der Waals surface area (Å²) in [5.41, 5.74) is -0.291. The molecule has 0 bridgehead atoms. The van der Waals surface area contributed by atoms with Gasteiger partial charge in [-0.1, -0.05) is 47.1 Å². The highest BCUT2D eigenvalue weighted by Gasteiger charge is 2.33. The summed E-state index contributed by atoms with van der Waals surface area (Å²) in [6.07, 6.45) is 0. The van der Waals surface area contributed by atoms with Crippen LogP contribution in [0.15, 0.2) is 53.1 Å². The highest BCUT2D eigenvalue weighted by molar-refractivity contribution is 6.31. The SMILES string of the molecule is CC(C)(C)N(Cc1nc(-c2ccccc2)no1)C(=O)c1ccc(Cl)cc1[N+](=O)[O-]. The van der Waals surface area contributed by atoms with Crippen LogP contribution in [0.25, 0.3) is 11.4 Å². The topological polar surface area (TPSA) is 102 Å². The lowest BCUT2D eigenvalue weighted by Gasteiger charge is -2.34. The van der Waals surface area contributed by atoms with Gasteiger partial charge in [0.05, 0.1) is 4.92 Å². The Labute approximate surface area is 172 Å². The molecule has 0 fully saturated rings. The molecule has 8 nitrogen and oxygen atoms in total. The molecule has 3 aromatic rings. The molecule has 0 unspecified atom stereocenters. The lowest BCUT2D eigenvalue weighted by Crippen LogP contribution is -2.45. The minimum absolute atomic E-state index is 0.00193. The molecule has 1 heterocycles. The van der Waals surface area contributed by atoms with Gasteiger partial charge in [-0.3, -0.25) is 14.9 Å². The van der Waals surface area contributed by atoms with E-state index in [1.54, 1.807) is 0 Å². The predicted molar refractivity (Wildman–Crippen MR) is 107 cm³/mol. The van der Waals surface area contributed by atoms with E-state index in [9.17, 15) is 14.9 Å². The smallest absolute Gasteiger partial charge is 0.283 e. The van der Waals surface area contributed by atoms with Crippen LogP contribution < -0.4 is 0 Å². The molecule has 0 atom stereocenters. The number of hydrogen-bond donors (Lipinski definition) is 0. The second kappa shape index (κ2) is 8.00. The lowest BCUT2D eigenvalue weighted by atomic mass is 10.0. The highest BCUT2D eigenvalue weighted by atomic mass is 35.5. The van der Waals surface area contributed by atoms with E-state index in [2.05, 4.69) is 10.1 Å². The zero-order chi connectivity index (χ0) is 21.2. The van der Waals surface area contributed by atoms with Gasteiger partial charge in [0.1, 0.15) is 12.1 Å². The fourth-order valence-electron chi connectivity index (χ4n) is 2.75. The molecule has 1 aromatic heterocycles. The maximum absolute atomic E-state index is 13.2. The van der Waals surface area contributed by atoms with Gasteiger partial charge in [-0.2, -0.15) is 4.98 Å². The van der Waals surface area contributed by atoms with E-state index in [0.29, 0.717) is 5.82 Å². The number of carbonyl (C=O) groups is 1. The third-order valence-electron chi connectivity index (χ3n) is 4.24. The van der Waals surface area contributed by atoms with Gasteiger partial charge in [0.25, 0.3) is 11.6 Å². The molecule has 0 aliphatic heterocycles. The number of aromatic nitrogens is 2. The summed E-state index contributed by atoms with van der Waals surface area (Å²) in [4.78, 5) is 29.8. The zero-order valence-electron chi connectivity index (χ0n) is 16.1. The predicted octanol–water partition coefficient (Wildman–Crippen LogP) is 4.74. The molecule has 0 saturated carbocycles. The Morgan fingerprint density at radius 1 is 1.21 bits per heavy atom. The second-order valence-corrected chi connectivity index (χ2v) is 7.79. The number of benzene rings is 2. The van der Waals surface area contributed by atoms with Crippen molar-refractivity contribution in [3.63, 3.8) is 0 Å². The third-order valence-corrected chi connectivity index (χ3v) is 4.47. The molecule has 29 heavy (non-hydrogen) atoms. The van der Waals surface area contributed by atoms with Crippen molar-refractivity contribution in [2.75, 3.05) is 0 Å². The van der Waals surface area contributed by atoms with Crippen molar-refractivity contribution in [3.8, 4) is 11.4 Å². The first kappa shape index (κ1) is 20.5. The van der Waals surface area contributed by atoms with Gasteiger partial charge < -0.3 is 9.42 Å². The van der Waals surface area contributed by atoms with Gasteiger partial charge >= 0.3 is 0 Å². The van der Waals surface area contributed by atoms with Crippen LogP contribution in [0.2, 0.25) is 5.02 Å². The first-order chi connectivity index (χ1) is 13.7. The van der Waals surface area contributed by atoms with Crippen LogP contribution in [0, 0.1) is 10.1 Å². The number of amides is 1. The Morgan fingerprint density at radius 2 is 1.90 bits per heavy atom. The molecule has 1 amide bonds. The molecular weight excluding hydrogens is 396 g/mol. The maximum atomic E-state index is 13.2. The van der Waals surface area contributed by atoms with E-state index in [-0.39, 0.29) is 28.7 Å². The molecule has 150 valence electrons. The van der Waals surface area contributed by atoms with Gasteiger partial charge in [-0.15, -0.1) is 0 Å². The minimum Gasteiger partial charge on any atom is -0.337 e. The lowest BCUT2D eigenvalue weighted by molar-refractivity contribution is -0.385. The Morgan fingerprint density at radius 3 is 2.52 bits per heavy atom. The quantitative estimate of drug-likeness (QED) is 0.441. The summed E-state index contributed by atoms with van der Waals surface area (Å²) in [7, 11) is 0. The zero-order valence-corrected chi connectivity index (χ0v) is 16.9. The molecule has 3 rings (SSSR count). The molecule has 0 radical (unpaired) electrons. The summed E-state index contributed by atoms with van der Waals surface area (Å²) >= 11 is 5.86. The van der Waals surface area contributed by atoms with E-state index < -0.39 is 16.4 Å². The Kier molecular flexibility index (Phi) is 5.65. The molecule has 0 aliphatic rings. The molecule has 0 spiro atoms. The van der Waals surface area contributed by atoms with Crippen LogP contribution in [0.1, 0.15) is 37.0 Å². The molecular formula is C20H19ClN4O4. The summed E-state index contributed by atoms with van der Waals surface area (Å²) in [5.74, 6) is 0.100. The molecule has 0 saturated heterocycles. The first-order valence-electron chi connectivity index (χ1n) is 8.81. The van der Waals surface area contributed by atoms with E-state index >= 15 is 0 Å². The summed E-state index contributed by atoms with van der Waals surface area (Å²) in [5, 5.41) is 15.5. The summed E-state index contributed by atoms with van der Waals surface area (Å²) in [6.45, 7) is 5.46. The molecule has 0 N–H and O–H groups in total. The van der Waals surface area contributed by atoms with Crippen LogP contribution >= 0.6 is 11.6 Å². The van der Waals surface area contributed by atoms with Crippen molar-refractivity contribution in [1.82, 2.24) is 15.0 Å². The number of halogens is 1. The number of nitrogens with zero attached hydrogens (tertiary/aromatic N) is 4. The monoisotopic (exact) mass is 414 g/mol. The summed E-state index contributed by atoms with van der Waals surface area (Å²) in [6, 6.07) is 13.2. The van der Waals surface area contributed by atoms with Gasteiger partial charge in [-0.05, 0) is 32.9 Å². The van der Waals surface area contributed by atoms with Crippen LogP contribution in [0.3, 0.4) is 0 Å². The van der Waals surface area contributed by atoms with E-state index in [4.69, 9.17) is 16.1 Å². The van der Waals surface area contributed by atoms with E-state index in [0.717, 1.165) is 11.6 Å². The normalized spacial score (nSPS) is 11.3. The van der Waals surface area contributed by atoms with Crippen molar-refractivity contribution in [2.24, 2.45) is 0 Å². The number of nitro benzene ring substituents is 1. The Hall–Kier alpha value is -3.26. The summed E-state index contributed by atoms with van der Waals surface area (Å²) < 4.78 is 5.32. The van der Waals surface area contributed by atoms with Gasteiger partial charge in [0.15, 0.2) is 0 Å². The van der Waals surface area contributed by atoms with Gasteiger partial charge in [0.2, 0.25) is 11.7 Å². The number of hydrogen-bond acceptors (Lipinski definition) is 6. The van der Waals surface area contributed by atoms with Crippen LogP contribution in [0.4, 0.5) is 5.69 Å². The van der Waals surface area contributed by atoms with Crippen LogP contribution in [-0.4, -0.2) is 31.4 Å². The average molecular weight is 415 g/mol. The number of rotatable bonds is 5. The Bertz CT molecular complexity index is 1040. The molecule has 2 aromatic carbocycles. The molecule has 0 aliphatic carbocycles.